The van der Waals surface area contributed by atoms with Crippen LogP contribution >= 0.6 is 0 Å². The van der Waals surface area contributed by atoms with Crippen LogP contribution < -0.4 is 0 Å². The Morgan fingerprint density at radius 2 is 1.73 bits per heavy atom. The lowest BCUT2D eigenvalue weighted by molar-refractivity contribution is -0.138. The van der Waals surface area contributed by atoms with Crippen LogP contribution in [0.5, 0.6) is 0 Å². The number of aliphatic carboxylic acids is 1. The molecule has 0 atom stereocenters. The summed E-state index contributed by atoms with van der Waals surface area (Å²) in [5, 5.41) is 8.82. The van der Waals surface area contributed by atoms with Crippen LogP contribution in [-0.2, 0) is 11.2 Å². The molecule has 1 aromatic carbocycles. The number of halogens is 3. The monoisotopic (exact) mass is 317 g/mol. The molecule has 0 heterocycles. The van der Waals surface area contributed by atoms with E-state index in [1.54, 1.807) is 13.8 Å². The van der Waals surface area contributed by atoms with E-state index in [2.05, 4.69) is 0 Å². The molecule has 22 heavy (non-hydrogen) atoms. The fourth-order valence-electron chi connectivity index (χ4n) is 1.90. The lowest BCUT2D eigenvalue weighted by atomic mass is 10.1. The molecule has 0 bridgehead atoms. The van der Waals surface area contributed by atoms with Crippen LogP contribution in [0.1, 0.15) is 36.2 Å². The van der Waals surface area contributed by atoms with Gasteiger partial charge in [-0.2, -0.15) is 13.2 Å². The molecule has 1 N–H and O–H groups in total. The van der Waals surface area contributed by atoms with E-state index in [0.29, 0.717) is 5.56 Å². The zero-order chi connectivity index (χ0) is 16.9. The highest BCUT2D eigenvalue weighted by Crippen LogP contribution is 2.22. The zero-order valence-electron chi connectivity index (χ0n) is 12.4. The Bertz CT molecular complexity index is 524. The molecule has 0 aliphatic rings. The Morgan fingerprint density at radius 3 is 2.14 bits per heavy atom. The van der Waals surface area contributed by atoms with E-state index in [1.807, 2.05) is 0 Å². The predicted molar refractivity (Wildman–Crippen MR) is 74.6 cm³/mol. The molecule has 0 saturated carbocycles. The van der Waals surface area contributed by atoms with Crippen molar-refractivity contribution in [3.8, 4) is 0 Å². The Labute approximate surface area is 126 Å². The maximum atomic E-state index is 12.2. The third-order valence-corrected chi connectivity index (χ3v) is 3.09. The van der Waals surface area contributed by atoms with Crippen LogP contribution in [0.3, 0.4) is 0 Å². The van der Waals surface area contributed by atoms with Gasteiger partial charge in [0, 0.05) is 18.0 Å². The zero-order valence-corrected chi connectivity index (χ0v) is 12.4. The standard InChI is InChI=1S/C15H18F3NO3/c1-10(2)19(9-13(20)21)14(22)12-5-3-11(4-6-12)7-8-15(16,17)18/h3-6,10H,7-9H2,1-2H3,(H,20,21). The lowest BCUT2D eigenvalue weighted by Crippen LogP contribution is -2.40. The topological polar surface area (TPSA) is 57.6 Å². The second-order valence-electron chi connectivity index (χ2n) is 5.23. The fraction of sp³-hybridized carbons (Fsp3) is 0.467. The van der Waals surface area contributed by atoms with E-state index in [-0.39, 0.29) is 18.0 Å². The van der Waals surface area contributed by atoms with Gasteiger partial charge in [0.2, 0.25) is 0 Å². The summed E-state index contributed by atoms with van der Waals surface area (Å²) in [5.41, 5.74) is 0.730. The van der Waals surface area contributed by atoms with Crippen molar-refractivity contribution >= 4 is 11.9 Å². The number of hydrogen-bond acceptors (Lipinski definition) is 2. The predicted octanol–water partition coefficient (Wildman–Crippen LogP) is 3.12. The highest BCUT2D eigenvalue weighted by molar-refractivity contribution is 5.96. The van der Waals surface area contributed by atoms with Crippen molar-refractivity contribution in [1.82, 2.24) is 4.90 Å². The number of hydrogen-bond donors (Lipinski definition) is 1. The number of nitrogens with zero attached hydrogens (tertiary/aromatic N) is 1. The van der Waals surface area contributed by atoms with Crippen molar-refractivity contribution in [2.75, 3.05) is 6.54 Å². The molecule has 1 aromatic rings. The summed E-state index contributed by atoms with van der Waals surface area (Å²) < 4.78 is 36.4. The number of carboxylic acid groups (broad SMARTS) is 1. The smallest absolute Gasteiger partial charge is 0.389 e. The lowest BCUT2D eigenvalue weighted by Gasteiger charge is -2.25. The summed E-state index contributed by atoms with van der Waals surface area (Å²) in [7, 11) is 0. The minimum Gasteiger partial charge on any atom is -0.480 e. The van der Waals surface area contributed by atoms with Gasteiger partial charge in [-0.1, -0.05) is 12.1 Å². The Morgan fingerprint density at radius 1 is 1.18 bits per heavy atom. The van der Waals surface area contributed by atoms with Gasteiger partial charge in [-0.3, -0.25) is 9.59 Å². The quantitative estimate of drug-likeness (QED) is 0.877. The van der Waals surface area contributed by atoms with Crippen molar-refractivity contribution in [1.29, 1.82) is 0 Å². The average molecular weight is 317 g/mol. The van der Waals surface area contributed by atoms with E-state index in [1.165, 1.54) is 29.2 Å². The molecule has 0 aliphatic carbocycles. The molecule has 4 nitrogen and oxygen atoms in total. The van der Waals surface area contributed by atoms with Crippen molar-refractivity contribution in [2.45, 2.75) is 38.9 Å². The fourth-order valence-corrected chi connectivity index (χ4v) is 1.90. The molecular formula is C15H18F3NO3. The summed E-state index contributed by atoms with van der Waals surface area (Å²) in [4.78, 5) is 24.2. The first-order valence-electron chi connectivity index (χ1n) is 6.78. The minimum atomic E-state index is -4.22. The van der Waals surface area contributed by atoms with E-state index in [4.69, 9.17) is 5.11 Å². The summed E-state index contributed by atoms with van der Waals surface area (Å²) in [5.74, 6) is -1.58. The second kappa shape index (κ2) is 7.29. The maximum absolute atomic E-state index is 12.2. The Kier molecular flexibility index (Phi) is 5.96. The molecule has 0 spiro atoms. The van der Waals surface area contributed by atoms with E-state index in [9.17, 15) is 22.8 Å². The number of carbonyl (C=O) groups is 2. The summed E-state index contributed by atoms with van der Waals surface area (Å²) in [6.45, 7) is 2.96. The van der Waals surface area contributed by atoms with Crippen LogP contribution in [0.25, 0.3) is 0 Å². The van der Waals surface area contributed by atoms with E-state index in [0.717, 1.165) is 0 Å². The van der Waals surface area contributed by atoms with Crippen molar-refractivity contribution in [2.24, 2.45) is 0 Å². The molecule has 0 unspecified atom stereocenters. The van der Waals surface area contributed by atoms with Gasteiger partial charge in [0.05, 0.1) is 0 Å². The third-order valence-electron chi connectivity index (χ3n) is 3.09. The first-order valence-corrected chi connectivity index (χ1v) is 6.78. The van der Waals surface area contributed by atoms with Gasteiger partial charge in [-0.05, 0) is 38.0 Å². The van der Waals surface area contributed by atoms with Gasteiger partial charge < -0.3 is 10.0 Å². The van der Waals surface area contributed by atoms with Crippen LogP contribution in [-0.4, -0.2) is 40.6 Å². The molecule has 0 fully saturated rings. The number of benzene rings is 1. The largest absolute Gasteiger partial charge is 0.480 e. The number of aryl methyl sites for hydroxylation is 1. The van der Waals surface area contributed by atoms with Crippen LogP contribution in [0, 0.1) is 0 Å². The van der Waals surface area contributed by atoms with E-state index < -0.39 is 31.0 Å². The maximum Gasteiger partial charge on any atom is 0.389 e. The van der Waals surface area contributed by atoms with Gasteiger partial charge in [0.15, 0.2) is 0 Å². The Hall–Kier alpha value is -2.05. The van der Waals surface area contributed by atoms with Crippen LogP contribution in [0.2, 0.25) is 0 Å². The summed E-state index contributed by atoms with van der Waals surface area (Å²) in [6, 6.07) is 5.46. The van der Waals surface area contributed by atoms with Gasteiger partial charge in [-0.25, -0.2) is 0 Å². The third kappa shape index (κ3) is 5.75. The van der Waals surface area contributed by atoms with Crippen LogP contribution in [0.4, 0.5) is 13.2 Å². The SMILES string of the molecule is CC(C)N(CC(=O)O)C(=O)c1ccc(CCC(F)(F)F)cc1. The summed E-state index contributed by atoms with van der Waals surface area (Å²) in [6.07, 6.45) is -5.29. The average Bonchev–Trinajstić information content (AvgIpc) is 2.41. The number of amides is 1. The second-order valence-corrected chi connectivity index (χ2v) is 5.23. The molecule has 0 aromatic heterocycles. The summed E-state index contributed by atoms with van der Waals surface area (Å²) >= 11 is 0. The highest BCUT2D eigenvalue weighted by atomic mass is 19.4. The molecule has 0 radical (unpaired) electrons. The van der Waals surface area contributed by atoms with Crippen molar-refractivity contribution < 1.29 is 27.9 Å². The molecule has 122 valence electrons. The molecule has 1 amide bonds. The van der Waals surface area contributed by atoms with Gasteiger partial charge in [0.1, 0.15) is 6.54 Å². The number of rotatable bonds is 6. The minimum absolute atomic E-state index is 0.152. The molecule has 0 saturated heterocycles. The highest BCUT2D eigenvalue weighted by Gasteiger charge is 2.26. The van der Waals surface area contributed by atoms with Crippen molar-refractivity contribution in [3.05, 3.63) is 35.4 Å². The van der Waals surface area contributed by atoms with Crippen molar-refractivity contribution in [3.63, 3.8) is 0 Å². The van der Waals surface area contributed by atoms with Gasteiger partial charge >= 0.3 is 12.1 Å². The van der Waals surface area contributed by atoms with Gasteiger partial charge in [0.25, 0.3) is 5.91 Å². The van der Waals surface area contributed by atoms with Crippen LogP contribution in [0.15, 0.2) is 24.3 Å². The molecule has 0 aliphatic heterocycles. The normalized spacial score (nSPS) is 11.5. The van der Waals surface area contributed by atoms with Gasteiger partial charge in [-0.15, -0.1) is 0 Å². The molecule has 7 heteroatoms. The Balaban J connectivity index is 2.80. The number of carboxylic acids is 1. The first-order chi connectivity index (χ1) is 10.1. The number of alkyl halides is 3. The molecular weight excluding hydrogens is 299 g/mol. The molecule has 1 rings (SSSR count). The first kappa shape index (κ1) is 18.0. The number of carbonyl (C=O) groups excluding carboxylic acids is 1. The van der Waals surface area contributed by atoms with E-state index >= 15 is 0 Å².